The first-order valence-electron chi connectivity index (χ1n) is 10.1. The Labute approximate surface area is 165 Å². The van der Waals surface area contributed by atoms with Crippen LogP contribution < -0.4 is 5.56 Å². The van der Waals surface area contributed by atoms with E-state index in [1.54, 1.807) is 6.07 Å². The Morgan fingerprint density at radius 2 is 1.89 bits per heavy atom. The summed E-state index contributed by atoms with van der Waals surface area (Å²) in [6.45, 7) is 7.96. The van der Waals surface area contributed by atoms with Crippen LogP contribution in [-0.4, -0.2) is 32.3 Å². The van der Waals surface area contributed by atoms with Crippen LogP contribution in [0.15, 0.2) is 53.3 Å². The minimum absolute atomic E-state index is 0.149. The zero-order valence-corrected chi connectivity index (χ0v) is 16.5. The Morgan fingerprint density at radius 1 is 1.04 bits per heavy atom. The zero-order chi connectivity index (χ0) is 19.3. The second-order valence-electron chi connectivity index (χ2n) is 8.36. The maximum atomic E-state index is 12.2. The topological polar surface area (TPSA) is 43.1 Å². The van der Waals surface area contributed by atoms with E-state index in [9.17, 15) is 4.79 Å². The van der Waals surface area contributed by atoms with Gasteiger partial charge in [-0.15, -0.1) is 0 Å². The first kappa shape index (κ1) is 17.4. The first-order valence-corrected chi connectivity index (χ1v) is 10.1. The van der Waals surface area contributed by atoms with E-state index >= 15 is 0 Å². The molecule has 0 saturated carbocycles. The van der Waals surface area contributed by atoms with E-state index in [1.807, 2.05) is 17.6 Å². The highest BCUT2D eigenvalue weighted by Crippen LogP contribution is 2.35. The summed E-state index contributed by atoms with van der Waals surface area (Å²) in [6.07, 6.45) is 1.19. The molecule has 4 heterocycles. The van der Waals surface area contributed by atoms with E-state index < -0.39 is 0 Å². The molecule has 0 radical (unpaired) electrons. The van der Waals surface area contributed by atoms with Gasteiger partial charge >= 0.3 is 0 Å². The average Bonchev–Trinajstić information content (AvgIpc) is 3.01. The number of hydrogen-bond acceptors (Lipinski definition) is 3. The lowest BCUT2D eigenvalue weighted by molar-refractivity contribution is 0.114. The smallest absolute Gasteiger partial charge is 0.250 e. The Balaban J connectivity index is 1.43. The summed E-state index contributed by atoms with van der Waals surface area (Å²) in [5, 5.41) is 4.69. The minimum Gasteiger partial charge on any atom is -0.312 e. The predicted octanol–water partition coefficient (Wildman–Crippen LogP) is 3.27. The molecule has 5 nitrogen and oxygen atoms in total. The van der Waals surface area contributed by atoms with Gasteiger partial charge < -0.3 is 4.57 Å². The van der Waals surface area contributed by atoms with E-state index in [2.05, 4.69) is 52.9 Å². The van der Waals surface area contributed by atoms with E-state index in [0.29, 0.717) is 11.8 Å². The molecule has 2 unspecified atom stereocenters. The number of likely N-dealkylation sites (tertiary alicyclic amines) is 1. The van der Waals surface area contributed by atoms with Gasteiger partial charge in [-0.1, -0.05) is 24.3 Å². The average molecular weight is 374 g/mol. The van der Waals surface area contributed by atoms with Gasteiger partial charge in [0.25, 0.3) is 5.56 Å². The number of rotatable bonds is 3. The van der Waals surface area contributed by atoms with Crippen molar-refractivity contribution in [3.63, 3.8) is 0 Å². The van der Waals surface area contributed by atoms with Crippen molar-refractivity contribution in [2.45, 2.75) is 39.3 Å². The quantitative estimate of drug-likeness (QED) is 0.707. The number of piperidine rings is 1. The number of pyridine rings is 1. The Morgan fingerprint density at radius 3 is 2.71 bits per heavy atom. The Hall–Kier alpha value is -2.66. The van der Waals surface area contributed by atoms with Gasteiger partial charge in [0.15, 0.2) is 0 Å². The third-order valence-corrected chi connectivity index (χ3v) is 6.18. The molecule has 3 aromatic rings. The highest BCUT2D eigenvalue weighted by atomic mass is 16.1. The van der Waals surface area contributed by atoms with Crippen molar-refractivity contribution < 1.29 is 0 Å². The molecule has 0 N–H and O–H groups in total. The van der Waals surface area contributed by atoms with Gasteiger partial charge in [0.05, 0.1) is 11.4 Å². The van der Waals surface area contributed by atoms with Crippen LogP contribution in [0.25, 0.3) is 5.69 Å². The van der Waals surface area contributed by atoms with Crippen molar-refractivity contribution in [2.24, 2.45) is 5.92 Å². The minimum atomic E-state index is 0.149. The maximum Gasteiger partial charge on any atom is 0.250 e. The fourth-order valence-electron chi connectivity index (χ4n) is 5.09. The molecule has 0 spiro atoms. The van der Waals surface area contributed by atoms with Gasteiger partial charge in [0.1, 0.15) is 0 Å². The molecule has 2 aliphatic rings. The van der Waals surface area contributed by atoms with Crippen LogP contribution in [0.2, 0.25) is 0 Å². The number of para-hydroxylation sites is 1. The largest absolute Gasteiger partial charge is 0.312 e. The van der Waals surface area contributed by atoms with Crippen molar-refractivity contribution in [3.05, 3.63) is 81.5 Å². The fourth-order valence-corrected chi connectivity index (χ4v) is 5.09. The highest BCUT2D eigenvalue weighted by molar-refractivity contribution is 5.42. The molecule has 0 aliphatic carbocycles. The standard InChI is InChI=1S/C23H26N4O/c1-16-10-17(2)27(24-16)22-7-4-3-6-19(22)14-25-12-18-11-20(15-25)21-8-5-9-23(28)26(21)13-18/h3-10,18,20H,11-15H2,1-2H3. The molecule has 5 rings (SSSR count). The van der Waals surface area contributed by atoms with Crippen molar-refractivity contribution in [2.75, 3.05) is 13.1 Å². The van der Waals surface area contributed by atoms with Crippen LogP contribution in [-0.2, 0) is 13.1 Å². The zero-order valence-electron chi connectivity index (χ0n) is 16.5. The molecular formula is C23H26N4O. The Bertz CT molecular complexity index is 1080. The third kappa shape index (κ3) is 3.00. The van der Waals surface area contributed by atoms with Crippen molar-refractivity contribution >= 4 is 0 Å². The lowest BCUT2D eigenvalue weighted by atomic mass is 9.83. The second kappa shape index (κ2) is 6.74. The van der Waals surface area contributed by atoms with Crippen LogP contribution in [0.3, 0.4) is 0 Å². The summed E-state index contributed by atoms with van der Waals surface area (Å²) in [5.74, 6) is 0.995. The van der Waals surface area contributed by atoms with Crippen LogP contribution in [0, 0.1) is 19.8 Å². The number of benzene rings is 1. The molecule has 1 aromatic carbocycles. The van der Waals surface area contributed by atoms with Gasteiger partial charge in [-0.2, -0.15) is 5.10 Å². The molecule has 2 aliphatic heterocycles. The van der Waals surface area contributed by atoms with Crippen LogP contribution in [0.1, 0.15) is 35.0 Å². The SMILES string of the molecule is Cc1cc(C)n(-c2ccccc2CN2CC3CC(C2)c2cccc(=O)n2C3)n1. The molecule has 2 atom stereocenters. The fraction of sp³-hybridized carbons (Fsp3) is 0.391. The van der Waals surface area contributed by atoms with E-state index in [1.165, 1.54) is 23.4 Å². The van der Waals surface area contributed by atoms with Gasteiger partial charge in [0, 0.05) is 49.6 Å². The third-order valence-electron chi connectivity index (χ3n) is 6.18. The Kier molecular flexibility index (Phi) is 4.20. The molecule has 28 heavy (non-hydrogen) atoms. The van der Waals surface area contributed by atoms with Gasteiger partial charge in [0.2, 0.25) is 0 Å². The van der Waals surface area contributed by atoms with Crippen LogP contribution in [0.5, 0.6) is 0 Å². The molecule has 144 valence electrons. The van der Waals surface area contributed by atoms with Gasteiger partial charge in [-0.25, -0.2) is 4.68 Å². The summed E-state index contributed by atoms with van der Waals surface area (Å²) in [5.41, 5.74) is 6.03. The van der Waals surface area contributed by atoms with Crippen molar-refractivity contribution in [1.82, 2.24) is 19.2 Å². The summed E-state index contributed by atoms with van der Waals surface area (Å²) in [6, 6.07) is 16.4. The number of fused-ring (bicyclic) bond motifs is 4. The summed E-state index contributed by atoms with van der Waals surface area (Å²) in [7, 11) is 0. The van der Waals surface area contributed by atoms with Crippen molar-refractivity contribution in [3.8, 4) is 5.69 Å². The monoisotopic (exact) mass is 374 g/mol. The van der Waals surface area contributed by atoms with Crippen LogP contribution >= 0.6 is 0 Å². The second-order valence-corrected chi connectivity index (χ2v) is 8.36. The van der Waals surface area contributed by atoms with Gasteiger partial charge in [-0.05, 0) is 49.9 Å². The summed E-state index contributed by atoms with van der Waals surface area (Å²) in [4.78, 5) is 14.8. The van der Waals surface area contributed by atoms with E-state index in [4.69, 9.17) is 5.10 Å². The number of aromatic nitrogens is 3. The molecular weight excluding hydrogens is 348 g/mol. The summed E-state index contributed by atoms with van der Waals surface area (Å²) >= 11 is 0. The first-order chi connectivity index (χ1) is 13.6. The maximum absolute atomic E-state index is 12.2. The van der Waals surface area contributed by atoms with E-state index in [-0.39, 0.29) is 5.56 Å². The molecule has 0 amide bonds. The van der Waals surface area contributed by atoms with E-state index in [0.717, 1.165) is 37.6 Å². The predicted molar refractivity (Wildman–Crippen MR) is 110 cm³/mol. The number of aryl methyl sites for hydroxylation is 2. The van der Waals surface area contributed by atoms with Crippen LogP contribution in [0.4, 0.5) is 0 Å². The molecule has 1 fully saturated rings. The van der Waals surface area contributed by atoms with Crippen molar-refractivity contribution in [1.29, 1.82) is 0 Å². The molecule has 2 aromatic heterocycles. The lowest BCUT2D eigenvalue weighted by Gasteiger charge is -2.43. The molecule has 1 saturated heterocycles. The normalized spacial score (nSPS) is 21.5. The van der Waals surface area contributed by atoms with Gasteiger partial charge in [-0.3, -0.25) is 9.69 Å². The summed E-state index contributed by atoms with van der Waals surface area (Å²) < 4.78 is 4.06. The number of nitrogens with zero attached hydrogens (tertiary/aromatic N) is 4. The number of hydrogen-bond donors (Lipinski definition) is 0. The highest BCUT2D eigenvalue weighted by Gasteiger charge is 2.34. The lowest BCUT2D eigenvalue weighted by Crippen LogP contribution is -2.46. The molecule has 2 bridgehead atoms. The molecule has 5 heteroatoms.